The molecule has 0 radical (unpaired) electrons. The highest BCUT2D eigenvalue weighted by Crippen LogP contribution is 2.33. The normalized spacial score (nSPS) is 12.5. The smallest absolute Gasteiger partial charge is 0.224 e. The molecule has 2 heterocycles. The fourth-order valence-corrected chi connectivity index (χ4v) is 6.59. The molecule has 0 unspecified atom stereocenters. The molecule has 3 aromatic rings. The lowest BCUT2D eigenvalue weighted by Crippen LogP contribution is -2.32. The molecule has 1 atom stereocenters. The number of thiophene rings is 2. The van der Waals surface area contributed by atoms with Crippen molar-refractivity contribution in [2.45, 2.75) is 15.9 Å². The van der Waals surface area contributed by atoms with Crippen LogP contribution < -0.4 is 10.1 Å². The predicted molar refractivity (Wildman–Crippen MR) is 108 cm³/mol. The topological polar surface area (TPSA) is 72.5 Å². The molecule has 0 aliphatic carbocycles. The Morgan fingerprint density at radius 2 is 1.78 bits per heavy atom. The first-order valence-electron chi connectivity index (χ1n) is 8.21. The van der Waals surface area contributed by atoms with Gasteiger partial charge in [-0.15, -0.1) is 22.7 Å². The van der Waals surface area contributed by atoms with Crippen LogP contribution in [0.1, 0.15) is 15.7 Å². The van der Waals surface area contributed by atoms with E-state index >= 15 is 0 Å². The van der Waals surface area contributed by atoms with E-state index in [9.17, 15) is 13.2 Å². The molecule has 8 heteroatoms. The maximum atomic E-state index is 13.0. The molecule has 1 aromatic carbocycles. The molecule has 0 aliphatic rings. The van der Waals surface area contributed by atoms with Crippen LogP contribution in [-0.4, -0.2) is 28.0 Å². The van der Waals surface area contributed by atoms with Gasteiger partial charge in [-0.3, -0.25) is 4.79 Å². The molecule has 3 rings (SSSR count). The summed E-state index contributed by atoms with van der Waals surface area (Å²) in [5.41, 5.74) is 0.835. The average Bonchev–Trinajstić information content (AvgIpc) is 3.37. The number of carbonyl (C=O) groups excluding carboxylic acids is 1. The van der Waals surface area contributed by atoms with Crippen molar-refractivity contribution in [2.75, 3.05) is 13.7 Å². The van der Waals surface area contributed by atoms with E-state index in [1.165, 1.54) is 22.7 Å². The van der Waals surface area contributed by atoms with Crippen LogP contribution in [0.2, 0.25) is 0 Å². The first-order chi connectivity index (χ1) is 13.0. The number of carbonyl (C=O) groups is 1. The van der Waals surface area contributed by atoms with Crippen molar-refractivity contribution in [3.8, 4) is 5.75 Å². The van der Waals surface area contributed by atoms with Crippen molar-refractivity contribution in [1.82, 2.24) is 5.32 Å². The van der Waals surface area contributed by atoms with E-state index in [1.807, 2.05) is 23.6 Å². The molecule has 0 bridgehead atoms. The van der Waals surface area contributed by atoms with Crippen molar-refractivity contribution in [2.24, 2.45) is 0 Å². The minimum Gasteiger partial charge on any atom is -0.497 e. The Balaban J connectivity index is 1.70. The second-order valence-corrected chi connectivity index (χ2v) is 10.1. The summed E-state index contributed by atoms with van der Waals surface area (Å²) in [5.74, 6) is 0.502. The van der Waals surface area contributed by atoms with Crippen LogP contribution in [0.25, 0.3) is 0 Å². The number of nitrogens with one attached hydrogen (secondary N) is 1. The summed E-state index contributed by atoms with van der Waals surface area (Å²) >= 11 is 2.56. The molecule has 0 spiro atoms. The molecule has 0 saturated carbocycles. The molecule has 1 N–H and O–H groups in total. The van der Waals surface area contributed by atoms with E-state index in [2.05, 4.69) is 5.32 Å². The van der Waals surface area contributed by atoms with E-state index in [0.29, 0.717) is 9.09 Å². The molecule has 2 aromatic heterocycles. The number of hydrogen-bond donors (Lipinski definition) is 1. The Kier molecular flexibility index (Phi) is 6.30. The predicted octanol–water partition coefficient (Wildman–Crippen LogP) is 3.69. The number of hydrogen-bond acceptors (Lipinski definition) is 6. The number of sulfone groups is 1. The molecule has 0 saturated heterocycles. The lowest BCUT2D eigenvalue weighted by atomic mass is 10.1. The third-order valence-corrected chi connectivity index (χ3v) is 8.67. The number of ether oxygens (including phenoxy) is 1. The van der Waals surface area contributed by atoms with E-state index < -0.39 is 15.1 Å². The molecule has 1 amide bonds. The van der Waals surface area contributed by atoms with Gasteiger partial charge in [0, 0.05) is 11.4 Å². The summed E-state index contributed by atoms with van der Waals surface area (Å²) in [6.45, 7) is 0.0374. The highest BCUT2D eigenvalue weighted by molar-refractivity contribution is 7.93. The van der Waals surface area contributed by atoms with Gasteiger partial charge in [-0.1, -0.05) is 24.3 Å². The van der Waals surface area contributed by atoms with Gasteiger partial charge in [0.2, 0.25) is 5.91 Å². The van der Waals surface area contributed by atoms with Gasteiger partial charge in [-0.2, -0.15) is 0 Å². The van der Waals surface area contributed by atoms with Crippen LogP contribution in [0.3, 0.4) is 0 Å². The second kappa shape index (κ2) is 8.69. The maximum absolute atomic E-state index is 13.0. The van der Waals surface area contributed by atoms with Gasteiger partial charge in [0.25, 0.3) is 0 Å². The van der Waals surface area contributed by atoms with Crippen molar-refractivity contribution in [3.05, 3.63) is 69.7 Å². The summed E-state index contributed by atoms with van der Waals surface area (Å²) in [4.78, 5) is 13.0. The fourth-order valence-electron chi connectivity index (χ4n) is 2.60. The van der Waals surface area contributed by atoms with Crippen molar-refractivity contribution in [1.29, 1.82) is 0 Å². The van der Waals surface area contributed by atoms with Crippen LogP contribution >= 0.6 is 22.7 Å². The summed E-state index contributed by atoms with van der Waals surface area (Å²) in [6.07, 6.45) is 0.181. The van der Waals surface area contributed by atoms with Gasteiger partial charge in [-0.25, -0.2) is 8.42 Å². The first-order valence-corrected chi connectivity index (χ1v) is 11.5. The first kappa shape index (κ1) is 19.6. The zero-order valence-corrected chi connectivity index (χ0v) is 17.1. The van der Waals surface area contributed by atoms with Gasteiger partial charge in [-0.05, 0) is 40.6 Å². The van der Waals surface area contributed by atoms with Gasteiger partial charge >= 0.3 is 0 Å². The summed E-state index contributed by atoms with van der Waals surface area (Å²) in [7, 11) is -1.98. The number of methoxy groups -OCH3 is 1. The van der Waals surface area contributed by atoms with E-state index in [4.69, 9.17) is 4.74 Å². The quantitative estimate of drug-likeness (QED) is 0.602. The summed E-state index contributed by atoms with van der Waals surface area (Å²) < 4.78 is 31.4. The van der Waals surface area contributed by atoms with Gasteiger partial charge in [0.15, 0.2) is 9.84 Å². The SMILES string of the molecule is COc1ccc(CC(=O)NC[C@H](c2cccs2)S(=O)(=O)c2cccs2)cc1. The summed E-state index contributed by atoms with van der Waals surface area (Å²) in [6, 6.07) is 14.1. The van der Waals surface area contributed by atoms with Crippen LogP contribution in [0, 0.1) is 0 Å². The Bertz CT molecular complexity index is 963. The lowest BCUT2D eigenvalue weighted by Gasteiger charge is -2.16. The van der Waals surface area contributed by atoms with Crippen molar-refractivity contribution < 1.29 is 17.9 Å². The molecule has 27 heavy (non-hydrogen) atoms. The number of rotatable bonds is 8. The summed E-state index contributed by atoms with van der Waals surface area (Å²) in [5, 5.41) is 5.56. The minimum atomic E-state index is -3.56. The van der Waals surface area contributed by atoms with E-state index in [1.54, 1.807) is 42.8 Å². The van der Waals surface area contributed by atoms with Crippen molar-refractivity contribution >= 4 is 38.4 Å². The zero-order valence-electron chi connectivity index (χ0n) is 14.6. The Hall–Kier alpha value is -2.16. The second-order valence-electron chi connectivity index (χ2n) is 5.81. The molecular formula is C19H19NO4S3. The van der Waals surface area contributed by atoms with Crippen LogP contribution in [-0.2, 0) is 21.1 Å². The largest absolute Gasteiger partial charge is 0.497 e. The average molecular weight is 422 g/mol. The van der Waals surface area contributed by atoms with Crippen LogP contribution in [0.15, 0.2) is 63.5 Å². The molecular weight excluding hydrogens is 402 g/mol. The molecule has 5 nitrogen and oxygen atoms in total. The van der Waals surface area contributed by atoms with Crippen LogP contribution in [0.5, 0.6) is 5.75 Å². The highest BCUT2D eigenvalue weighted by atomic mass is 32.2. The fraction of sp³-hybridized carbons (Fsp3) is 0.211. The minimum absolute atomic E-state index is 0.0374. The number of amides is 1. The van der Waals surface area contributed by atoms with Crippen molar-refractivity contribution in [3.63, 3.8) is 0 Å². The maximum Gasteiger partial charge on any atom is 0.224 e. The lowest BCUT2D eigenvalue weighted by molar-refractivity contribution is -0.120. The standard InChI is InChI=1S/C19H19NO4S3/c1-24-15-8-6-14(7-9-15)12-18(21)20-13-17(16-4-2-10-25-16)27(22,23)19-5-3-11-26-19/h2-11,17H,12-13H2,1H3,(H,20,21)/t17-/m1/s1. The number of benzene rings is 1. The van der Waals surface area contributed by atoms with E-state index in [0.717, 1.165) is 11.3 Å². The highest BCUT2D eigenvalue weighted by Gasteiger charge is 2.31. The van der Waals surface area contributed by atoms with Gasteiger partial charge in [0.05, 0.1) is 13.5 Å². The Labute approximate surface area is 166 Å². The third kappa shape index (κ3) is 4.77. The van der Waals surface area contributed by atoms with Gasteiger partial charge < -0.3 is 10.1 Å². The van der Waals surface area contributed by atoms with Crippen LogP contribution in [0.4, 0.5) is 0 Å². The third-order valence-electron chi connectivity index (χ3n) is 4.02. The molecule has 0 aliphatic heterocycles. The monoisotopic (exact) mass is 421 g/mol. The van der Waals surface area contributed by atoms with Gasteiger partial charge in [0.1, 0.15) is 15.2 Å². The van der Waals surface area contributed by atoms with E-state index in [-0.39, 0.29) is 18.9 Å². The Morgan fingerprint density at radius 3 is 2.37 bits per heavy atom. The Morgan fingerprint density at radius 1 is 1.07 bits per heavy atom. The molecule has 0 fully saturated rings. The molecule has 142 valence electrons. The zero-order chi connectivity index (χ0) is 19.3.